The molecule has 6 nitrogen and oxygen atoms in total. The third-order valence-corrected chi connectivity index (χ3v) is 2.81. The normalized spacial score (nSPS) is 11.1. The first-order valence-electron chi connectivity index (χ1n) is 7.27. The van der Waals surface area contributed by atoms with Crippen molar-refractivity contribution in [2.24, 2.45) is 0 Å². The molecule has 2 aromatic rings. The molecule has 0 unspecified atom stereocenters. The average molecular weight is 301 g/mol. The summed E-state index contributed by atoms with van der Waals surface area (Å²) in [5, 5.41) is 6.46. The molecule has 0 amide bonds. The van der Waals surface area contributed by atoms with Gasteiger partial charge < -0.3 is 21.1 Å². The third-order valence-electron chi connectivity index (χ3n) is 2.81. The second-order valence-corrected chi connectivity index (χ2v) is 5.94. The lowest BCUT2D eigenvalue weighted by molar-refractivity contribution is 0.340. The van der Waals surface area contributed by atoms with Gasteiger partial charge in [-0.15, -0.1) is 0 Å². The molecule has 6 heteroatoms. The first kappa shape index (κ1) is 15.9. The summed E-state index contributed by atoms with van der Waals surface area (Å²) in [6, 6.07) is 7.64. The summed E-state index contributed by atoms with van der Waals surface area (Å²) in [5.74, 6) is 2.03. The van der Waals surface area contributed by atoms with Crippen LogP contribution in [0.5, 0.6) is 5.75 Å². The van der Waals surface area contributed by atoms with Crippen molar-refractivity contribution in [1.29, 1.82) is 0 Å². The summed E-state index contributed by atoms with van der Waals surface area (Å²) in [7, 11) is 0. The van der Waals surface area contributed by atoms with E-state index in [0.29, 0.717) is 23.9 Å². The van der Waals surface area contributed by atoms with E-state index in [1.54, 1.807) is 0 Å². The molecule has 0 aliphatic rings. The molecule has 22 heavy (non-hydrogen) atoms. The quantitative estimate of drug-likeness (QED) is 0.784. The van der Waals surface area contributed by atoms with Crippen LogP contribution in [0.1, 0.15) is 27.7 Å². The Balaban J connectivity index is 2.17. The summed E-state index contributed by atoms with van der Waals surface area (Å²) in [5.41, 5.74) is 7.39. The van der Waals surface area contributed by atoms with Gasteiger partial charge in [0.2, 0.25) is 0 Å². The van der Waals surface area contributed by atoms with Crippen LogP contribution in [0.25, 0.3) is 0 Å². The van der Waals surface area contributed by atoms with Gasteiger partial charge in [-0.25, -0.2) is 9.97 Å². The fourth-order valence-electron chi connectivity index (χ4n) is 1.89. The van der Waals surface area contributed by atoms with Crippen LogP contribution in [0.2, 0.25) is 0 Å². The van der Waals surface area contributed by atoms with Gasteiger partial charge in [-0.1, -0.05) is 0 Å². The van der Waals surface area contributed by atoms with Crippen molar-refractivity contribution >= 4 is 23.0 Å². The molecular formula is C16H23N5O. The molecule has 118 valence electrons. The highest BCUT2D eigenvalue weighted by atomic mass is 16.5. The zero-order chi connectivity index (χ0) is 16.2. The number of benzene rings is 1. The molecule has 0 fully saturated rings. The van der Waals surface area contributed by atoms with Crippen molar-refractivity contribution in [2.45, 2.75) is 33.2 Å². The van der Waals surface area contributed by atoms with E-state index in [0.717, 1.165) is 11.4 Å². The van der Waals surface area contributed by atoms with Gasteiger partial charge >= 0.3 is 0 Å². The molecule has 1 heterocycles. The highest BCUT2D eigenvalue weighted by Crippen LogP contribution is 2.28. The fraction of sp³-hybridized carbons (Fsp3) is 0.375. The topological polar surface area (TPSA) is 85.1 Å². The molecule has 4 N–H and O–H groups in total. The summed E-state index contributed by atoms with van der Waals surface area (Å²) in [6.07, 6.45) is 1.49. The summed E-state index contributed by atoms with van der Waals surface area (Å²) in [6.45, 7) is 8.75. The molecule has 1 aromatic carbocycles. The van der Waals surface area contributed by atoms with Crippen molar-refractivity contribution in [3.05, 3.63) is 30.6 Å². The number of hydrogen-bond acceptors (Lipinski definition) is 6. The van der Waals surface area contributed by atoms with Crippen molar-refractivity contribution in [3.8, 4) is 5.75 Å². The predicted octanol–water partition coefficient (Wildman–Crippen LogP) is 3.41. The largest absolute Gasteiger partial charge is 0.494 e. The van der Waals surface area contributed by atoms with E-state index in [9.17, 15) is 0 Å². The Kier molecular flexibility index (Phi) is 4.70. The Labute approximate surface area is 131 Å². The maximum atomic E-state index is 6.14. The molecular weight excluding hydrogens is 278 g/mol. The predicted molar refractivity (Wildman–Crippen MR) is 90.7 cm³/mol. The molecule has 0 bridgehead atoms. The number of aromatic nitrogens is 2. The zero-order valence-corrected chi connectivity index (χ0v) is 13.5. The van der Waals surface area contributed by atoms with Crippen LogP contribution in [0, 0.1) is 0 Å². The number of nitrogens with one attached hydrogen (secondary N) is 2. The molecule has 2 rings (SSSR count). The van der Waals surface area contributed by atoms with Gasteiger partial charge in [0.1, 0.15) is 17.8 Å². The van der Waals surface area contributed by atoms with Crippen molar-refractivity contribution in [3.63, 3.8) is 0 Å². The fourth-order valence-corrected chi connectivity index (χ4v) is 1.89. The highest BCUT2D eigenvalue weighted by molar-refractivity contribution is 5.77. The monoisotopic (exact) mass is 301 g/mol. The number of rotatable bonds is 5. The maximum absolute atomic E-state index is 6.14. The highest BCUT2D eigenvalue weighted by Gasteiger charge is 2.15. The summed E-state index contributed by atoms with van der Waals surface area (Å²) >= 11 is 0. The third kappa shape index (κ3) is 4.25. The van der Waals surface area contributed by atoms with E-state index in [4.69, 9.17) is 10.5 Å². The minimum absolute atomic E-state index is 0.126. The van der Waals surface area contributed by atoms with Crippen LogP contribution in [-0.2, 0) is 0 Å². The smallest absolute Gasteiger partial charge is 0.159 e. The SMILES string of the molecule is CCOc1ccc(Nc2ncnc(NC(C)(C)C)c2N)cc1. The number of nitrogens with zero attached hydrogens (tertiary/aromatic N) is 2. The number of nitrogen functional groups attached to an aromatic ring is 1. The van der Waals surface area contributed by atoms with E-state index < -0.39 is 0 Å². The molecule has 0 saturated carbocycles. The van der Waals surface area contributed by atoms with Crippen molar-refractivity contribution < 1.29 is 4.74 Å². The first-order chi connectivity index (χ1) is 10.4. The lowest BCUT2D eigenvalue weighted by atomic mass is 10.1. The lowest BCUT2D eigenvalue weighted by Gasteiger charge is -2.22. The van der Waals surface area contributed by atoms with Crippen LogP contribution < -0.4 is 21.1 Å². The van der Waals surface area contributed by atoms with Gasteiger partial charge in [0, 0.05) is 11.2 Å². The first-order valence-corrected chi connectivity index (χ1v) is 7.27. The molecule has 0 aliphatic heterocycles. The van der Waals surface area contributed by atoms with Gasteiger partial charge in [0.05, 0.1) is 6.61 Å². The Morgan fingerprint density at radius 3 is 2.32 bits per heavy atom. The Bertz CT molecular complexity index is 619. The van der Waals surface area contributed by atoms with Crippen molar-refractivity contribution in [2.75, 3.05) is 23.0 Å². The van der Waals surface area contributed by atoms with E-state index >= 15 is 0 Å². The van der Waals surface area contributed by atoms with E-state index in [1.807, 2.05) is 52.0 Å². The molecule has 0 aliphatic carbocycles. The maximum Gasteiger partial charge on any atom is 0.159 e. The molecule has 0 spiro atoms. The van der Waals surface area contributed by atoms with E-state index in [-0.39, 0.29) is 5.54 Å². The van der Waals surface area contributed by atoms with Crippen LogP contribution in [0.15, 0.2) is 30.6 Å². The number of anilines is 4. The second-order valence-electron chi connectivity index (χ2n) is 5.94. The Hall–Kier alpha value is -2.50. The van der Waals surface area contributed by atoms with Gasteiger partial charge in [0.15, 0.2) is 11.6 Å². The van der Waals surface area contributed by atoms with Gasteiger partial charge in [-0.2, -0.15) is 0 Å². The van der Waals surface area contributed by atoms with E-state index in [1.165, 1.54) is 6.33 Å². The number of hydrogen-bond donors (Lipinski definition) is 3. The average Bonchev–Trinajstić information content (AvgIpc) is 2.44. The van der Waals surface area contributed by atoms with Crippen LogP contribution in [-0.4, -0.2) is 22.1 Å². The molecule has 0 atom stereocenters. The van der Waals surface area contributed by atoms with E-state index in [2.05, 4.69) is 20.6 Å². The van der Waals surface area contributed by atoms with Gasteiger partial charge in [-0.05, 0) is 52.0 Å². The minimum Gasteiger partial charge on any atom is -0.494 e. The molecule has 0 saturated heterocycles. The van der Waals surface area contributed by atoms with Crippen LogP contribution in [0.3, 0.4) is 0 Å². The molecule has 1 aromatic heterocycles. The van der Waals surface area contributed by atoms with Gasteiger partial charge in [0.25, 0.3) is 0 Å². The second kappa shape index (κ2) is 6.51. The lowest BCUT2D eigenvalue weighted by Crippen LogP contribution is -2.27. The Morgan fingerprint density at radius 1 is 1.09 bits per heavy atom. The molecule has 0 radical (unpaired) electrons. The van der Waals surface area contributed by atoms with Gasteiger partial charge in [-0.3, -0.25) is 0 Å². The van der Waals surface area contributed by atoms with Crippen LogP contribution >= 0.6 is 0 Å². The number of ether oxygens (including phenoxy) is 1. The Morgan fingerprint density at radius 2 is 1.73 bits per heavy atom. The van der Waals surface area contributed by atoms with Crippen LogP contribution in [0.4, 0.5) is 23.0 Å². The standard InChI is InChI=1S/C16H23N5O/c1-5-22-12-8-6-11(7-9-12)20-14-13(17)15(19-10-18-14)21-16(2,3)4/h6-10H,5,17H2,1-4H3,(H2,18,19,20,21). The summed E-state index contributed by atoms with van der Waals surface area (Å²) < 4.78 is 5.42. The van der Waals surface area contributed by atoms with Crippen molar-refractivity contribution in [1.82, 2.24) is 9.97 Å². The zero-order valence-electron chi connectivity index (χ0n) is 13.5. The number of nitrogens with two attached hydrogens (primary N) is 1. The minimum atomic E-state index is -0.126. The summed E-state index contributed by atoms with van der Waals surface area (Å²) in [4.78, 5) is 8.40.